The third kappa shape index (κ3) is 11.9. The van der Waals surface area contributed by atoms with Gasteiger partial charge in [0.25, 0.3) is 0 Å². The first kappa shape index (κ1) is 23.8. The lowest BCUT2D eigenvalue weighted by molar-refractivity contribution is -0.143. The first-order valence-corrected chi connectivity index (χ1v) is 8.00. The Labute approximate surface area is 153 Å². The molecule has 0 aliphatic heterocycles. The number of carbonyl (C=O) groups excluding carboxylic acids is 2. The molecule has 0 aliphatic carbocycles. The molecule has 6 N–H and O–H groups in total. The van der Waals surface area contributed by atoms with Gasteiger partial charge in [0.2, 0.25) is 11.8 Å². The van der Waals surface area contributed by atoms with Gasteiger partial charge in [-0.2, -0.15) is 0 Å². The summed E-state index contributed by atoms with van der Waals surface area (Å²) in [5.74, 6) is -6.57. The van der Waals surface area contributed by atoms with Crippen LogP contribution in [0.5, 0.6) is 0 Å². The molecule has 0 saturated heterocycles. The molecule has 0 aromatic carbocycles. The first-order valence-electron chi connectivity index (χ1n) is 8.00. The highest BCUT2D eigenvalue weighted by Gasteiger charge is 2.22. The van der Waals surface area contributed by atoms with E-state index < -0.39 is 60.6 Å². The molecule has 0 heterocycles. The van der Waals surface area contributed by atoms with Crippen molar-refractivity contribution in [3.8, 4) is 0 Å². The van der Waals surface area contributed by atoms with Crippen LogP contribution in [0.4, 0.5) is 0 Å². The van der Waals surface area contributed by atoms with Crippen LogP contribution < -0.4 is 10.6 Å². The molecule has 0 aromatic rings. The molecule has 2 unspecified atom stereocenters. The van der Waals surface area contributed by atoms with Gasteiger partial charge in [-0.05, 0) is 19.3 Å². The molecule has 0 radical (unpaired) electrons. The fourth-order valence-corrected chi connectivity index (χ4v) is 1.99. The van der Waals surface area contributed by atoms with E-state index in [0.29, 0.717) is 0 Å². The Balaban J connectivity index is 4.31. The van der Waals surface area contributed by atoms with Crippen molar-refractivity contribution in [2.75, 3.05) is 0 Å². The van der Waals surface area contributed by atoms with E-state index in [4.69, 9.17) is 20.4 Å². The number of nitrogens with one attached hydrogen (secondary N) is 2. The maximum atomic E-state index is 11.7. The molecule has 12 nitrogen and oxygen atoms in total. The molecule has 0 aliphatic rings. The summed E-state index contributed by atoms with van der Waals surface area (Å²) < 4.78 is 0. The minimum atomic E-state index is -1.38. The normalized spacial score (nSPS) is 12.4. The van der Waals surface area contributed by atoms with E-state index in [-0.39, 0.29) is 32.1 Å². The van der Waals surface area contributed by atoms with E-state index in [9.17, 15) is 28.8 Å². The molecule has 12 heteroatoms. The minimum absolute atomic E-state index is 0.00575. The Hall–Kier alpha value is -3.18. The van der Waals surface area contributed by atoms with Crippen LogP contribution in [0, 0.1) is 0 Å². The highest BCUT2D eigenvalue weighted by molar-refractivity contribution is 5.85. The Kier molecular flexibility index (Phi) is 10.8. The average Bonchev–Trinajstić information content (AvgIpc) is 2.54. The Morgan fingerprint density at radius 1 is 0.593 bits per heavy atom. The number of rotatable bonds is 14. The zero-order chi connectivity index (χ0) is 21.0. The van der Waals surface area contributed by atoms with Gasteiger partial charge >= 0.3 is 23.9 Å². The zero-order valence-corrected chi connectivity index (χ0v) is 14.3. The number of aliphatic carboxylic acids is 4. The molecule has 0 rings (SSSR count). The molecule has 0 spiro atoms. The van der Waals surface area contributed by atoms with Crippen molar-refractivity contribution in [3.05, 3.63) is 0 Å². The molecule has 2 amide bonds. The average molecular weight is 390 g/mol. The fourth-order valence-electron chi connectivity index (χ4n) is 1.99. The number of carboxylic acid groups (broad SMARTS) is 4. The summed E-state index contributed by atoms with van der Waals surface area (Å²) in [5.41, 5.74) is 0. The second kappa shape index (κ2) is 12.2. The Bertz CT molecular complexity index is 539. The highest BCUT2D eigenvalue weighted by atomic mass is 16.4. The summed E-state index contributed by atoms with van der Waals surface area (Å²) in [6, 6.07) is -2.73. The van der Waals surface area contributed by atoms with E-state index in [1.807, 2.05) is 0 Å². The minimum Gasteiger partial charge on any atom is -0.481 e. The van der Waals surface area contributed by atoms with E-state index in [2.05, 4.69) is 10.6 Å². The van der Waals surface area contributed by atoms with Gasteiger partial charge in [-0.3, -0.25) is 19.2 Å². The summed E-state index contributed by atoms with van der Waals surface area (Å²) >= 11 is 0. The summed E-state index contributed by atoms with van der Waals surface area (Å²) in [4.78, 5) is 66.2. The van der Waals surface area contributed by atoms with Gasteiger partial charge in [-0.25, -0.2) is 9.59 Å². The molecule has 0 aromatic heterocycles. The summed E-state index contributed by atoms with van der Waals surface area (Å²) in [5, 5.41) is 39.2. The van der Waals surface area contributed by atoms with Crippen LogP contribution in [0.15, 0.2) is 0 Å². The summed E-state index contributed by atoms with van der Waals surface area (Å²) in [6.07, 6.45) is -1.91. The Morgan fingerprint density at radius 2 is 0.926 bits per heavy atom. The van der Waals surface area contributed by atoms with Crippen molar-refractivity contribution in [2.45, 2.75) is 57.0 Å². The van der Waals surface area contributed by atoms with E-state index in [0.717, 1.165) is 0 Å². The lowest BCUT2D eigenvalue weighted by Gasteiger charge is -2.14. The van der Waals surface area contributed by atoms with Crippen molar-refractivity contribution in [1.82, 2.24) is 10.6 Å². The van der Waals surface area contributed by atoms with Gasteiger partial charge in [0, 0.05) is 25.7 Å². The molecule has 0 saturated carbocycles. The van der Waals surface area contributed by atoms with Crippen LogP contribution in [0.2, 0.25) is 0 Å². The smallest absolute Gasteiger partial charge is 0.326 e. The number of amides is 2. The van der Waals surface area contributed by atoms with Crippen molar-refractivity contribution < 1.29 is 49.2 Å². The monoisotopic (exact) mass is 390 g/mol. The number of hydrogen-bond donors (Lipinski definition) is 6. The maximum absolute atomic E-state index is 11.7. The van der Waals surface area contributed by atoms with Gasteiger partial charge < -0.3 is 31.1 Å². The number of carboxylic acids is 4. The third-order valence-corrected chi connectivity index (χ3v) is 3.37. The first-order chi connectivity index (χ1) is 12.5. The SMILES string of the molecule is O=C(O)CCC(NC(=O)CCCC(=O)NC(CCC(=O)O)C(=O)O)C(=O)O. The number of carbonyl (C=O) groups is 6. The lowest BCUT2D eigenvalue weighted by Crippen LogP contribution is -2.42. The molecule has 0 fully saturated rings. The largest absolute Gasteiger partial charge is 0.481 e. The van der Waals surface area contributed by atoms with Crippen LogP contribution in [-0.2, 0) is 28.8 Å². The zero-order valence-electron chi connectivity index (χ0n) is 14.3. The fraction of sp³-hybridized carbons (Fsp3) is 0.600. The molecular weight excluding hydrogens is 368 g/mol. The predicted molar refractivity (Wildman–Crippen MR) is 86.7 cm³/mol. The van der Waals surface area contributed by atoms with Gasteiger partial charge in [-0.1, -0.05) is 0 Å². The standard InChI is InChI=1S/C15H22N2O10/c18-10(16-8(14(24)25)4-6-12(20)21)2-1-3-11(19)17-9(15(26)27)5-7-13(22)23/h8-9H,1-7H2,(H,16,18)(H,17,19)(H,20,21)(H,22,23)(H,24,25)(H,26,27). The topological polar surface area (TPSA) is 207 Å². The molecule has 2 atom stereocenters. The van der Waals surface area contributed by atoms with Gasteiger partial charge in [0.1, 0.15) is 12.1 Å². The van der Waals surface area contributed by atoms with E-state index in [1.54, 1.807) is 0 Å². The Morgan fingerprint density at radius 3 is 1.19 bits per heavy atom. The second-order valence-corrected chi connectivity index (χ2v) is 5.64. The molecule has 27 heavy (non-hydrogen) atoms. The van der Waals surface area contributed by atoms with Crippen molar-refractivity contribution in [1.29, 1.82) is 0 Å². The van der Waals surface area contributed by atoms with Crippen LogP contribution in [0.1, 0.15) is 44.9 Å². The van der Waals surface area contributed by atoms with Gasteiger partial charge in [0.05, 0.1) is 0 Å². The molecule has 152 valence electrons. The van der Waals surface area contributed by atoms with Crippen LogP contribution in [0.3, 0.4) is 0 Å². The predicted octanol–water partition coefficient (Wildman–Crippen LogP) is -0.975. The molecule has 0 bridgehead atoms. The third-order valence-electron chi connectivity index (χ3n) is 3.37. The van der Waals surface area contributed by atoms with Gasteiger partial charge in [-0.15, -0.1) is 0 Å². The van der Waals surface area contributed by atoms with Crippen molar-refractivity contribution in [2.24, 2.45) is 0 Å². The van der Waals surface area contributed by atoms with Gasteiger partial charge in [0.15, 0.2) is 0 Å². The van der Waals surface area contributed by atoms with E-state index in [1.165, 1.54) is 0 Å². The molecular formula is C15H22N2O10. The summed E-state index contributed by atoms with van der Waals surface area (Å²) in [6.45, 7) is 0. The maximum Gasteiger partial charge on any atom is 0.326 e. The van der Waals surface area contributed by atoms with Crippen LogP contribution in [0.25, 0.3) is 0 Å². The quantitative estimate of drug-likeness (QED) is 0.214. The van der Waals surface area contributed by atoms with Crippen LogP contribution >= 0.6 is 0 Å². The lowest BCUT2D eigenvalue weighted by atomic mass is 10.1. The number of hydrogen-bond acceptors (Lipinski definition) is 6. The summed E-state index contributed by atoms with van der Waals surface area (Å²) in [7, 11) is 0. The van der Waals surface area contributed by atoms with Crippen molar-refractivity contribution in [3.63, 3.8) is 0 Å². The van der Waals surface area contributed by atoms with E-state index >= 15 is 0 Å². The second-order valence-electron chi connectivity index (χ2n) is 5.64. The highest BCUT2D eigenvalue weighted by Crippen LogP contribution is 2.03. The van der Waals surface area contributed by atoms with Crippen LogP contribution in [-0.4, -0.2) is 68.2 Å². The van der Waals surface area contributed by atoms with Crippen molar-refractivity contribution >= 4 is 35.7 Å².